The lowest BCUT2D eigenvalue weighted by atomic mass is 9.78. The molecule has 1 atom stereocenters. The third-order valence-electron chi connectivity index (χ3n) is 5.18. The normalized spacial score (nSPS) is 13.4. The maximum atomic E-state index is 12.0. The maximum absolute atomic E-state index is 12.0. The summed E-state index contributed by atoms with van der Waals surface area (Å²) in [5, 5.41) is 12.0. The van der Waals surface area contributed by atoms with Crippen LogP contribution < -0.4 is 5.56 Å². The molecule has 0 aliphatic heterocycles. The van der Waals surface area contributed by atoms with Gasteiger partial charge in [-0.2, -0.15) is 5.26 Å². The summed E-state index contributed by atoms with van der Waals surface area (Å²) in [6, 6.07) is 20.2. The van der Waals surface area contributed by atoms with E-state index in [1.807, 2.05) is 61.5 Å². The summed E-state index contributed by atoms with van der Waals surface area (Å²) >= 11 is 0. The lowest BCUT2D eigenvalue weighted by Crippen LogP contribution is -2.23. The molecule has 0 aliphatic carbocycles. The van der Waals surface area contributed by atoms with E-state index in [0.29, 0.717) is 12.0 Å². The van der Waals surface area contributed by atoms with E-state index in [1.165, 1.54) is 0 Å². The largest absolute Gasteiger partial charge is 0.322 e. The molecule has 0 saturated heterocycles. The van der Waals surface area contributed by atoms with Gasteiger partial charge in [0.15, 0.2) is 0 Å². The van der Waals surface area contributed by atoms with Crippen molar-refractivity contribution >= 4 is 21.8 Å². The van der Waals surface area contributed by atoms with Crippen LogP contribution in [0.1, 0.15) is 23.6 Å². The third kappa shape index (κ3) is 2.98. The van der Waals surface area contributed by atoms with E-state index in [0.717, 1.165) is 32.9 Å². The lowest BCUT2D eigenvalue weighted by molar-refractivity contribution is 0.609. The lowest BCUT2D eigenvalue weighted by Gasteiger charge is -2.23. The zero-order valence-corrected chi connectivity index (χ0v) is 15.3. The highest BCUT2D eigenvalue weighted by Crippen LogP contribution is 2.31. The Morgan fingerprint density at radius 2 is 1.93 bits per heavy atom. The van der Waals surface area contributed by atoms with Gasteiger partial charge in [-0.25, -0.2) is 0 Å². The number of benzene rings is 2. The molecule has 0 aliphatic rings. The van der Waals surface area contributed by atoms with E-state index in [1.54, 1.807) is 13.1 Å². The molecule has 1 N–H and O–H groups in total. The number of pyridine rings is 2. The van der Waals surface area contributed by atoms with E-state index in [4.69, 9.17) is 0 Å². The van der Waals surface area contributed by atoms with Crippen molar-refractivity contribution in [2.45, 2.75) is 25.7 Å². The van der Waals surface area contributed by atoms with Crippen LogP contribution in [0, 0.1) is 18.3 Å². The maximum Gasteiger partial charge on any atom is 0.251 e. The van der Waals surface area contributed by atoms with Gasteiger partial charge in [-0.3, -0.25) is 9.78 Å². The van der Waals surface area contributed by atoms with Gasteiger partial charge in [-0.15, -0.1) is 0 Å². The molecular formula is C23H19N3O. The van der Waals surface area contributed by atoms with Gasteiger partial charge in [-0.05, 0) is 55.0 Å². The summed E-state index contributed by atoms with van der Waals surface area (Å²) in [4.78, 5) is 19.4. The number of nitriles is 1. The Labute approximate surface area is 157 Å². The minimum Gasteiger partial charge on any atom is -0.322 e. The minimum absolute atomic E-state index is 0.100. The molecule has 4 heteroatoms. The van der Waals surface area contributed by atoms with E-state index >= 15 is 0 Å². The van der Waals surface area contributed by atoms with Crippen LogP contribution in [0.3, 0.4) is 0 Å². The molecule has 27 heavy (non-hydrogen) atoms. The number of para-hydroxylation sites is 1. The standard InChI is InChI=1S/C23H19N3O/c1-15-11-17-8-9-19(12-20(17)26-22(15)27)23(2,14-24)13-18-6-3-5-16-7-4-10-25-21(16)18/h3-12H,13H2,1-2H3,(H,26,27). The highest BCUT2D eigenvalue weighted by atomic mass is 16.1. The van der Waals surface area contributed by atoms with Gasteiger partial charge in [0, 0.05) is 22.7 Å². The summed E-state index contributed by atoms with van der Waals surface area (Å²) < 4.78 is 0. The summed E-state index contributed by atoms with van der Waals surface area (Å²) in [6.07, 6.45) is 2.32. The first-order valence-electron chi connectivity index (χ1n) is 8.88. The number of aromatic amines is 1. The van der Waals surface area contributed by atoms with E-state index in [2.05, 4.69) is 16.0 Å². The Kier molecular flexibility index (Phi) is 4.01. The molecule has 2 heterocycles. The Bertz CT molecular complexity index is 1260. The van der Waals surface area contributed by atoms with Crippen LogP contribution >= 0.6 is 0 Å². The van der Waals surface area contributed by atoms with Crippen LogP contribution in [-0.2, 0) is 11.8 Å². The molecule has 4 rings (SSSR count). The molecule has 0 spiro atoms. The molecule has 2 aromatic carbocycles. The highest BCUT2D eigenvalue weighted by Gasteiger charge is 2.28. The minimum atomic E-state index is -0.734. The quantitative estimate of drug-likeness (QED) is 0.593. The van der Waals surface area contributed by atoms with Crippen LogP contribution in [0.4, 0.5) is 0 Å². The van der Waals surface area contributed by atoms with Crippen molar-refractivity contribution in [3.8, 4) is 6.07 Å². The molecule has 0 fully saturated rings. The Morgan fingerprint density at radius 1 is 1.11 bits per heavy atom. The van der Waals surface area contributed by atoms with Gasteiger partial charge >= 0.3 is 0 Å². The van der Waals surface area contributed by atoms with Crippen LogP contribution in [0.5, 0.6) is 0 Å². The van der Waals surface area contributed by atoms with Crippen molar-refractivity contribution in [3.63, 3.8) is 0 Å². The third-order valence-corrected chi connectivity index (χ3v) is 5.18. The predicted octanol–water partition coefficient (Wildman–Crippen LogP) is 4.41. The molecule has 0 saturated carbocycles. The topological polar surface area (TPSA) is 69.5 Å². The second-order valence-electron chi connectivity index (χ2n) is 7.20. The number of H-pyrrole nitrogens is 1. The average Bonchev–Trinajstić information content (AvgIpc) is 2.69. The van der Waals surface area contributed by atoms with Gasteiger partial charge in [0.05, 0.1) is 17.0 Å². The Morgan fingerprint density at radius 3 is 2.74 bits per heavy atom. The van der Waals surface area contributed by atoms with Gasteiger partial charge < -0.3 is 4.98 Å². The summed E-state index contributed by atoms with van der Waals surface area (Å²) in [6.45, 7) is 3.72. The molecule has 0 amide bonds. The number of hydrogen-bond acceptors (Lipinski definition) is 3. The molecule has 132 valence electrons. The fourth-order valence-electron chi connectivity index (χ4n) is 3.55. The first-order chi connectivity index (χ1) is 13.0. The first-order valence-corrected chi connectivity index (χ1v) is 8.88. The first kappa shape index (κ1) is 17.0. The van der Waals surface area contributed by atoms with E-state index < -0.39 is 5.41 Å². The molecule has 4 aromatic rings. The van der Waals surface area contributed by atoms with Gasteiger partial charge in [0.25, 0.3) is 5.56 Å². The summed E-state index contributed by atoms with van der Waals surface area (Å²) in [5.74, 6) is 0. The number of hydrogen-bond donors (Lipinski definition) is 1. The summed E-state index contributed by atoms with van der Waals surface area (Å²) in [5.41, 5.74) is 3.44. The van der Waals surface area contributed by atoms with Crippen molar-refractivity contribution < 1.29 is 0 Å². The van der Waals surface area contributed by atoms with Gasteiger partial charge in [-0.1, -0.05) is 36.4 Å². The van der Waals surface area contributed by atoms with Crippen molar-refractivity contribution in [2.24, 2.45) is 0 Å². The van der Waals surface area contributed by atoms with Gasteiger partial charge in [0.2, 0.25) is 0 Å². The number of nitrogens with one attached hydrogen (secondary N) is 1. The fourth-order valence-corrected chi connectivity index (χ4v) is 3.55. The zero-order valence-electron chi connectivity index (χ0n) is 15.3. The number of rotatable bonds is 3. The molecule has 0 radical (unpaired) electrons. The van der Waals surface area contributed by atoms with Crippen molar-refractivity contribution in [1.82, 2.24) is 9.97 Å². The van der Waals surface area contributed by atoms with Crippen molar-refractivity contribution in [3.05, 3.63) is 87.8 Å². The van der Waals surface area contributed by atoms with E-state index in [-0.39, 0.29) is 5.56 Å². The second-order valence-corrected chi connectivity index (χ2v) is 7.20. The van der Waals surface area contributed by atoms with Crippen LogP contribution in [0.25, 0.3) is 21.8 Å². The Hall–Kier alpha value is -3.45. The SMILES string of the molecule is Cc1cc2ccc(C(C)(C#N)Cc3cccc4cccnc34)cc2[nH]c1=O. The number of aromatic nitrogens is 2. The Balaban J connectivity index is 1.82. The molecule has 1 unspecified atom stereocenters. The zero-order chi connectivity index (χ0) is 19.0. The fraction of sp³-hybridized carbons (Fsp3) is 0.174. The summed E-state index contributed by atoms with van der Waals surface area (Å²) in [7, 11) is 0. The van der Waals surface area contributed by atoms with Crippen LogP contribution in [0.2, 0.25) is 0 Å². The van der Waals surface area contributed by atoms with Gasteiger partial charge in [0.1, 0.15) is 0 Å². The van der Waals surface area contributed by atoms with E-state index in [9.17, 15) is 10.1 Å². The van der Waals surface area contributed by atoms with Crippen LogP contribution in [-0.4, -0.2) is 9.97 Å². The predicted molar refractivity (Wildman–Crippen MR) is 108 cm³/mol. The number of fused-ring (bicyclic) bond motifs is 2. The monoisotopic (exact) mass is 353 g/mol. The van der Waals surface area contributed by atoms with Crippen molar-refractivity contribution in [2.75, 3.05) is 0 Å². The molecule has 4 nitrogen and oxygen atoms in total. The number of aryl methyl sites for hydroxylation is 1. The highest BCUT2D eigenvalue weighted by molar-refractivity contribution is 5.82. The van der Waals surface area contributed by atoms with Crippen molar-refractivity contribution in [1.29, 1.82) is 5.26 Å². The van der Waals surface area contributed by atoms with Crippen LogP contribution in [0.15, 0.2) is 65.6 Å². The molecular weight excluding hydrogens is 334 g/mol. The average molecular weight is 353 g/mol. The second kappa shape index (κ2) is 6.37. The molecule has 2 aromatic heterocycles. The smallest absolute Gasteiger partial charge is 0.251 e. The molecule has 0 bridgehead atoms. The number of nitrogens with zero attached hydrogens (tertiary/aromatic N) is 2.